The van der Waals surface area contributed by atoms with Crippen molar-refractivity contribution in [3.8, 4) is 0 Å². The molecular formula is C16H20BrNOS. The quantitative estimate of drug-likeness (QED) is 0.764. The molecule has 2 aliphatic rings. The van der Waals surface area contributed by atoms with Crippen LogP contribution in [0.15, 0.2) is 29.2 Å². The minimum Gasteiger partial charge on any atom is -0.339 e. The maximum Gasteiger partial charge on any atom is 0.231 e. The Hall–Kier alpha value is -0.480. The molecule has 1 aromatic carbocycles. The maximum atomic E-state index is 12.9. The standard InChI is InChI=1S/C16H20BrNOS/c17-9-8-12-5-3-4-10-18(12)16(19)14-11-20-15-7-2-1-6-13(14)15/h1-2,6-7,12,14H,3-5,8-11H2. The number of hydrogen-bond acceptors (Lipinski definition) is 2. The van der Waals surface area contributed by atoms with Crippen LogP contribution < -0.4 is 0 Å². The molecule has 1 saturated heterocycles. The smallest absolute Gasteiger partial charge is 0.231 e. The second-order valence-corrected chi connectivity index (χ2v) is 7.42. The highest BCUT2D eigenvalue weighted by atomic mass is 79.9. The number of carbonyl (C=O) groups excluding carboxylic acids is 1. The van der Waals surface area contributed by atoms with Crippen molar-refractivity contribution >= 4 is 33.6 Å². The average molecular weight is 354 g/mol. The van der Waals surface area contributed by atoms with Gasteiger partial charge in [-0.3, -0.25) is 4.79 Å². The number of nitrogens with zero attached hydrogens (tertiary/aromatic N) is 1. The highest BCUT2D eigenvalue weighted by Gasteiger charge is 2.35. The van der Waals surface area contributed by atoms with Gasteiger partial charge in [0.1, 0.15) is 0 Å². The van der Waals surface area contributed by atoms with E-state index in [2.05, 4.69) is 45.1 Å². The normalized spacial score (nSPS) is 25.6. The largest absolute Gasteiger partial charge is 0.339 e. The van der Waals surface area contributed by atoms with Gasteiger partial charge >= 0.3 is 0 Å². The van der Waals surface area contributed by atoms with Crippen molar-refractivity contribution in [3.63, 3.8) is 0 Å². The van der Waals surface area contributed by atoms with E-state index >= 15 is 0 Å². The van der Waals surface area contributed by atoms with Gasteiger partial charge in [0.05, 0.1) is 5.92 Å². The van der Waals surface area contributed by atoms with Gasteiger partial charge in [0.15, 0.2) is 0 Å². The van der Waals surface area contributed by atoms with Crippen molar-refractivity contribution in [2.45, 2.75) is 42.5 Å². The summed E-state index contributed by atoms with van der Waals surface area (Å²) in [5.41, 5.74) is 1.24. The molecule has 2 nitrogen and oxygen atoms in total. The van der Waals surface area contributed by atoms with Gasteiger partial charge in [0.25, 0.3) is 0 Å². The van der Waals surface area contributed by atoms with E-state index in [0.29, 0.717) is 11.9 Å². The van der Waals surface area contributed by atoms with E-state index in [1.807, 2.05) is 11.8 Å². The topological polar surface area (TPSA) is 20.3 Å². The fourth-order valence-corrected chi connectivity index (χ4v) is 5.03. The lowest BCUT2D eigenvalue weighted by molar-refractivity contribution is -0.136. The lowest BCUT2D eigenvalue weighted by atomic mass is 9.94. The Morgan fingerprint density at radius 2 is 2.20 bits per heavy atom. The van der Waals surface area contributed by atoms with Crippen LogP contribution in [-0.2, 0) is 4.79 Å². The van der Waals surface area contributed by atoms with Gasteiger partial charge in [-0.25, -0.2) is 0 Å². The molecule has 20 heavy (non-hydrogen) atoms. The van der Waals surface area contributed by atoms with E-state index in [1.54, 1.807) is 0 Å². The molecule has 2 heterocycles. The Kier molecular flexibility index (Phi) is 4.72. The summed E-state index contributed by atoms with van der Waals surface area (Å²) in [6.07, 6.45) is 4.66. The lowest BCUT2D eigenvalue weighted by Gasteiger charge is -2.37. The van der Waals surface area contributed by atoms with Gasteiger partial charge in [-0.1, -0.05) is 34.1 Å². The summed E-state index contributed by atoms with van der Waals surface area (Å²) < 4.78 is 0. The van der Waals surface area contributed by atoms with Crippen molar-refractivity contribution in [2.24, 2.45) is 0 Å². The minimum atomic E-state index is 0.0760. The summed E-state index contributed by atoms with van der Waals surface area (Å²) >= 11 is 5.35. The molecule has 0 aliphatic carbocycles. The second-order valence-electron chi connectivity index (χ2n) is 5.56. The number of hydrogen-bond donors (Lipinski definition) is 0. The first-order valence-electron chi connectivity index (χ1n) is 7.39. The van der Waals surface area contributed by atoms with Crippen molar-refractivity contribution < 1.29 is 4.79 Å². The third kappa shape index (κ3) is 2.77. The number of halogens is 1. The molecule has 2 unspecified atom stereocenters. The number of carbonyl (C=O) groups is 1. The number of benzene rings is 1. The SMILES string of the molecule is O=C(C1CSc2ccccc21)N1CCCCC1CCBr. The van der Waals surface area contributed by atoms with Gasteiger partial charge in [0, 0.05) is 28.6 Å². The van der Waals surface area contributed by atoms with Crippen LogP contribution >= 0.6 is 27.7 Å². The van der Waals surface area contributed by atoms with E-state index < -0.39 is 0 Å². The molecule has 1 fully saturated rings. The molecule has 4 heteroatoms. The van der Waals surface area contributed by atoms with Crippen LogP contribution in [0.3, 0.4) is 0 Å². The fraction of sp³-hybridized carbons (Fsp3) is 0.562. The Morgan fingerprint density at radius 3 is 3.05 bits per heavy atom. The van der Waals surface area contributed by atoms with Crippen LogP contribution in [0, 0.1) is 0 Å². The van der Waals surface area contributed by atoms with Gasteiger partial charge in [-0.2, -0.15) is 0 Å². The average Bonchev–Trinajstić information content (AvgIpc) is 2.91. The molecule has 1 aromatic rings. The van der Waals surface area contributed by atoms with Crippen LogP contribution in [0.25, 0.3) is 0 Å². The van der Waals surface area contributed by atoms with Crippen LogP contribution in [0.5, 0.6) is 0 Å². The predicted octanol–water partition coefficient (Wildman–Crippen LogP) is 4.04. The Balaban J connectivity index is 1.78. The fourth-order valence-electron chi connectivity index (χ4n) is 3.28. The van der Waals surface area contributed by atoms with E-state index in [1.165, 1.54) is 23.3 Å². The third-order valence-corrected chi connectivity index (χ3v) is 5.99. The summed E-state index contributed by atoms with van der Waals surface area (Å²) in [7, 11) is 0. The van der Waals surface area contributed by atoms with Gasteiger partial charge in [-0.05, 0) is 37.3 Å². The monoisotopic (exact) mass is 353 g/mol. The number of thioether (sulfide) groups is 1. The molecule has 2 aliphatic heterocycles. The van der Waals surface area contributed by atoms with E-state index in [9.17, 15) is 4.79 Å². The number of likely N-dealkylation sites (tertiary alicyclic amines) is 1. The maximum absolute atomic E-state index is 12.9. The highest BCUT2D eigenvalue weighted by molar-refractivity contribution is 9.09. The Morgan fingerprint density at radius 1 is 1.35 bits per heavy atom. The van der Waals surface area contributed by atoms with Crippen molar-refractivity contribution in [1.29, 1.82) is 0 Å². The summed E-state index contributed by atoms with van der Waals surface area (Å²) in [6.45, 7) is 0.944. The van der Waals surface area contributed by atoms with E-state index in [4.69, 9.17) is 0 Å². The van der Waals surface area contributed by atoms with Gasteiger partial charge < -0.3 is 4.90 Å². The third-order valence-electron chi connectivity index (χ3n) is 4.35. The first kappa shape index (κ1) is 14.5. The summed E-state index contributed by atoms with van der Waals surface area (Å²) in [4.78, 5) is 16.4. The predicted molar refractivity (Wildman–Crippen MR) is 87.7 cm³/mol. The molecule has 0 bridgehead atoms. The molecule has 0 spiro atoms. The zero-order chi connectivity index (χ0) is 13.9. The molecule has 1 amide bonds. The summed E-state index contributed by atoms with van der Waals surface area (Å²) in [6, 6.07) is 8.82. The van der Waals surface area contributed by atoms with E-state index in [-0.39, 0.29) is 5.92 Å². The van der Waals surface area contributed by atoms with Crippen molar-refractivity contribution in [2.75, 3.05) is 17.6 Å². The molecule has 0 N–H and O–H groups in total. The highest BCUT2D eigenvalue weighted by Crippen LogP contribution is 2.41. The van der Waals surface area contributed by atoms with Crippen molar-refractivity contribution in [1.82, 2.24) is 4.90 Å². The number of alkyl halides is 1. The molecule has 0 radical (unpaired) electrons. The van der Waals surface area contributed by atoms with Crippen LogP contribution in [0.1, 0.15) is 37.2 Å². The first-order valence-corrected chi connectivity index (χ1v) is 9.50. The number of fused-ring (bicyclic) bond motifs is 1. The Bertz CT molecular complexity index is 491. The van der Waals surface area contributed by atoms with E-state index in [0.717, 1.165) is 30.5 Å². The minimum absolute atomic E-state index is 0.0760. The zero-order valence-electron chi connectivity index (χ0n) is 11.6. The molecular weight excluding hydrogens is 334 g/mol. The van der Waals surface area contributed by atoms with Crippen molar-refractivity contribution in [3.05, 3.63) is 29.8 Å². The molecule has 2 atom stereocenters. The summed E-state index contributed by atoms with van der Waals surface area (Å²) in [5, 5.41) is 0.984. The zero-order valence-corrected chi connectivity index (χ0v) is 14.0. The van der Waals surface area contributed by atoms with Gasteiger partial charge in [0.2, 0.25) is 5.91 Å². The number of rotatable bonds is 3. The van der Waals surface area contributed by atoms with Crippen LogP contribution in [0.4, 0.5) is 0 Å². The molecule has 108 valence electrons. The first-order chi connectivity index (χ1) is 9.81. The Labute approximate surface area is 133 Å². The molecule has 3 rings (SSSR count). The molecule has 0 aromatic heterocycles. The lowest BCUT2D eigenvalue weighted by Crippen LogP contribution is -2.46. The second kappa shape index (κ2) is 6.52. The van der Waals surface area contributed by atoms with Crippen LogP contribution in [0.2, 0.25) is 0 Å². The number of piperidine rings is 1. The molecule has 0 saturated carbocycles. The number of amides is 1. The summed E-state index contributed by atoms with van der Waals surface area (Å²) in [5.74, 6) is 1.34. The van der Waals surface area contributed by atoms with Gasteiger partial charge in [-0.15, -0.1) is 11.8 Å². The van der Waals surface area contributed by atoms with Crippen LogP contribution in [-0.4, -0.2) is 34.5 Å².